The van der Waals surface area contributed by atoms with Gasteiger partial charge in [-0.3, -0.25) is 0 Å². The van der Waals surface area contributed by atoms with Crippen LogP contribution < -0.4 is 4.74 Å². The second-order valence-electron chi connectivity index (χ2n) is 7.77. The maximum absolute atomic E-state index is 10.7. The number of aryl methyl sites for hydroxylation is 1. The Morgan fingerprint density at radius 1 is 1.30 bits per heavy atom. The van der Waals surface area contributed by atoms with Gasteiger partial charge in [0.1, 0.15) is 16.3 Å². The summed E-state index contributed by atoms with van der Waals surface area (Å²) in [7, 11) is 0. The van der Waals surface area contributed by atoms with E-state index in [1.54, 1.807) is 29.7 Å². The fourth-order valence-electron chi connectivity index (χ4n) is 4.08. The van der Waals surface area contributed by atoms with Crippen LogP contribution in [0.4, 0.5) is 0 Å². The van der Waals surface area contributed by atoms with E-state index in [1.807, 2.05) is 24.3 Å². The zero-order chi connectivity index (χ0) is 20.7. The fraction of sp³-hybridized carbons (Fsp3) is 0.250. The van der Waals surface area contributed by atoms with E-state index in [0.717, 1.165) is 40.3 Å². The molecule has 30 heavy (non-hydrogen) atoms. The highest BCUT2D eigenvalue weighted by molar-refractivity contribution is 7.19. The lowest BCUT2D eigenvalue weighted by molar-refractivity contribution is -0.139. The highest BCUT2D eigenvalue weighted by Gasteiger charge is 2.24. The Morgan fingerprint density at radius 2 is 2.13 bits per heavy atom. The molecule has 6 heteroatoms. The molecule has 0 bridgehead atoms. The number of carbonyl (C=O) groups is 1. The number of aliphatic carboxylic acids is 1. The predicted molar refractivity (Wildman–Crippen MR) is 117 cm³/mol. The van der Waals surface area contributed by atoms with Crippen molar-refractivity contribution in [1.82, 2.24) is 4.98 Å². The van der Waals surface area contributed by atoms with Crippen molar-refractivity contribution in [2.75, 3.05) is 6.61 Å². The molecule has 0 amide bonds. The summed E-state index contributed by atoms with van der Waals surface area (Å²) in [5.41, 5.74) is 4.33. The maximum atomic E-state index is 10.7. The number of aromatic nitrogens is 1. The number of carboxylic acid groups (broad SMARTS) is 1. The summed E-state index contributed by atoms with van der Waals surface area (Å²) in [5.74, 6) is 1.08. The van der Waals surface area contributed by atoms with Crippen molar-refractivity contribution in [3.8, 4) is 28.3 Å². The highest BCUT2D eigenvalue weighted by atomic mass is 32.1. The Kier molecular flexibility index (Phi) is 4.79. The third-order valence-corrected chi connectivity index (χ3v) is 6.71. The molecule has 1 aliphatic rings. The zero-order valence-corrected chi connectivity index (χ0v) is 17.4. The van der Waals surface area contributed by atoms with E-state index in [-0.39, 0.29) is 6.61 Å². The SMILES string of the molecule is C[C@@H]1CCc2c(sc3nc(-c4ccc(OCC(=O)O)cc4)cc(-c4ccco4)c23)C1. The smallest absolute Gasteiger partial charge is 0.341 e. The van der Waals surface area contributed by atoms with Crippen molar-refractivity contribution >= 4 is 27.5 Å². The largest absolute Gasteiger partial charge is 0.482 e. The molecule has 152 valence electrons. The van der Waals surface area contributed by atoms with Gasteiger partial charge in [0.15, 0.2) is 6.61 Å². The van der Waals surface area contributed by atoms with Crippen LogP contribution in [0.1, 0.15) is 23.8 Å². The topological polar surface area (TPSA) is 72.6 Å². The molecular weight excluding hydrogens is 398 g/mol. The summed E-state index contributed by atoms with van der Waals surface area (Å²) in [5, 5.41) is 10.00. The lowest BCUT2D eigenvalue weighted by Gasteiger charge is -2.18. The molecule has 5 rings (SSSR count). The van der Waals surface area contributed by atoms with Gasteiger partial charge in [0.05, 0.1) is 12.0 Å². The predicted octanol–water partition coefficient (Wildman–Crippen LogP) is 5.81. The minimum atomic E-state index is -0.995. The number of hydrogen-bond acceptors (Lipinski definition) is 5. The van der Waals surface area contributed by atoms with E-state index in [9.17, 15) is 4.79 Å². The van der Waals surface area contributed by atoms with Crippen LogP contribution in [-0.4, -0.2) is 22.7 Å². The van der Waals surface area contributed by atoms with Gasteiger partial charge in [-0.15, -0.1) is 11.3 Å². The number of nitrogens with zero attached hydrogens (tertiary/aromatic N) is 1. The second kappa shape index (κ2) is 7.61. The minimum Gasteiger partial charge on any atom is -0.482 e. The molecule has 1 aromatic carbocycles. The van der Waals surface area contributed by atoms with Crippen molar-refractivity contribution in [3.63, 3.8) is 0 Å². The molecule has 0 saturated heterocycles. The van der Waals surface area contributed by atoms with E-state index in [2.05, 4.69) is 13.0 Å². The third-order valence-electron chi connectivity index (χ3n) is 5.56. The summed E-state index contributed by atoms with van der Waals surface area (Å²) in [6, 6.07) is 13.4. The normalized spacial score (nSPS) is 15.8. The minimum absolute atomic E-state index is 0.356. The van der Waals surface area contributed by atoms with Crippen molar-refractivity contribution in [3.05, 3.63) is 59.2 Å². The molecule has 0 spiro atoms. The van der Waals surface area contributed by atoms with E-state index < -0.39 is 5.97 Å². The molecule has 0 unspecified atom stereocenters. The zero-order valence-electron chi connectivity index (χ0n) is 16.6. The van der Waals surface area contributed by atoms with Crippen LogP contribution in [0.5, 0.6) is 5.75 Å². The van der Waals surface area contributed by atoms with E-state index in [1.165, 1.54) is 22.2 Å². The molecule has 0 saturated carbocycles. The molecule has 0 aliphatic heterocycles. The van der Waals surface area contributed by atoms with Crippen molar-refractivity contribution in [1.29, 1.82) is 0 Å². The van der Waals surface area contributed by atoms with Crippen LogP contribution in [-0.2, 0) is 17.6 Å². The molecule has 1 atom stereocenters. The first-order valence-corrected chi connectivity index (χ1v) is 10.8. The highest BCUT2D eigenvalue weighted by Crippen LogP contribution is 2.43. The van der Waals surface area contributed by atoms with E-state index >= 15 is 0 Å². The van der Waals surface area contributed by atoms with Crippen LogP contribution in [0.2, 0.25) is 0 Å². The van der Waals surface area contributed by atoms with Gasteiger partial charge in [0.2, 0.25) is 0 Å². The average molecular weight is 420 g/mol. The first-order valence-electron chi connectivity index (χ1n) is 10.0. The Morgan fingerprint density at radius 3 is 2.87 bits per heavy atom. The van der Waals surface area contributed by atoms with Crippen LogP contribution in [0.25, 0.3) is 32.8 Å². The average Bonchev–Trinajstić information content (AvgIpc) is 3.39. The number of fused-ring (bicyclic) bond motifs is 3. The van der Waals surface area contributed by atoms with Gasteiger partial charge >= 0.3 is 5.97 Å². The van der Waals surface area contributed by atoms with Crippen molar-refractivity contribution in [2.45, 2.75) is 26.2 Å². The number of pyridine rings is 1. The van der Waals surface area contributed by atoms with Crippen LogP contribution in [0.3, 0.4) is 0 Å². The number of furan rings is 1. The summed E-state index contributed by atoms with van der Waals surface area (Å²) in [6.45, 7) is 1.96. The Hall–Kier alpha value is -3.12. The Balaban J connectivity index is 1.61. The second-order valence-corrected chi connectivity index (χ2v) is 8.85. The summed E-state index contributed by atoms with van der Waals surface area (Å²) >= 11 is 1.80. The van der Waals surface area contributed by atoms with Gasteiger partial charge in [-0.25, -0.2) is 9.78 Å². The van der Waals surface area contributed by atoms with E-state index in [4.69, 9.17) is 19.2 Å². The summed E-state index contributed by atoms with van der Waals surface area (Å²) in [6.07, 6.45) is 5.10. The van der Waals surface area contributed by atoms with Gasteiger partial charge in [0, 0.05) is 21.4 Å². The fourth-order valence-corrected chi connectivity index (χ4v) is 5.49. The van der Waals surface area contributed by atoms with Gasteiger partial charge in [-0.2, -0.15) is 0 Å². The Labute approximate surface area is 177 Å². The first-order chi connectivity index (χ1) is 14.6. The molecular formula is C24H21NO4S. The number of ether oxygens (including phenoxy) is 1. The number of thiophene rings is 1. The number of carboxylic acids is 1. The number of benzene rings is 1. The molecule has 3 aromatic heterocycles. The van der Waals surface area contributed by atoms with Gasteiger partial charge in [-0.05, 0) is 73.2 Å². The lowest BCUT2D eigenvalue weighted by Crippen LogP contribution is -2.09. The number of hydrogen-bond donors (Lipinski definition) is 1. The molecule has 1 N–H and O–H groups in total. The standard InChI is InChI=1S/C24H21NO4S/c1-14-4-9-17-21(11-14)30-24-23(17)18(20-3-2-10-28-20)12-19(25-24)15-5-7-16(8-6-15)29-13-22(26)27/h2-3,5-8,10,12,14H,4,9,11,13H2,1H3,(H,26,27)/t14-/m1/s1. The van der Waals surface area contributed by atoms with Crippen LogP contribution in [0.15, 0.2) is 53.1 Å². The quantitative estimate of drug-likeness (QED) is 0.442. The molecule has 0 radical (unpaired) electrons. The molecule has 4 aromatic rings. The maximum Gasteiger partial charge on any atom is 0.341 e. The lowest BCUT2D eigenvalue weighted by atomic mass is 9.88. The van der Waals surface area contributed by atoms with E-state index in [0.29, 0.717) is 11.7 Å². The van der Waals surface area contributed by atoms with Crippen molar-refractivity contribution < 1.29 is 19.1 Å². The molecule has 1 aliphatic carbocycles. The van der Waals surface area contributed by atoms with Crippen molar-refractivity contribution in [2.24, 2.45) is 5.92 Å². The van der Waals surface area contributed by atoms with Crippen LogP contribution in [0, 0.1) is 5.92 Å². The van der Waals surface area contributed by atoms with Crippen LogP contribution >= 0.6 is 11.3 Å². The third kappa shape index (κ3) is 3.48. The molecule has 3 heterocycles. The van der Waals surface area contributed by atoms with Gasteiger partial charge < -0.3 is 14.3 Å². The molecule has 0 fully saturated rings. The molecule has 5 nitrogen and oxygen atoms in total. The first kappa shape index (κ1) is 18.9. The summed E-state index contributed by atoms with van der Waals surface area (Å²) < 4.78 is 11.0. The van der Waals surface area contributed by atoms with Gasteiger partial charge in [0.25, 0.3) is 0 Å². The summed E-state index contributed by atoms with van der Waals surface area (Å²) in [4.78, 5) is 18.2. The van der Waals surface area contributed by atoms with Gasteiger partial charge in [-0.1, -0.05) is 6.92 Å². The monoisotopic (exact) mass is 419 g/mol. The number of rotatable bonds is 5. The Bertz CT molecular complexity index is 1210.